The molecule has 2 aromatic carbocycles. The van der Waals surface area contributed by atoms with Crippen LogP contribution in [0.1, 0.15) is 107 Å². The molecule has 0 saturated heterocycles. The molecule has 0 fully saturated rings. The Labute approximate surface area is 167 Å². The minimum Gasteiger partial charge on any atom is -0.0683 e. The SMILES string of the molecule is CC.CC.CC.CC.CC.CC.CC1c2ccccc2-c2ccccc21. The normalized spacial score (nSPS) is 8.81. The van der Waals surface area contributed by atoms with Crippen molar-refractivity contribution in [3.63, 3.8) is 0 Å². The lowest BCUT2D eigenvalue weighted by molar-refractivity contribution is 0.957. The van der Waals surface area contributed by atoms with Crippen LogP contribution < -0.4 is 0 Å². The Morgan fingerprint density at radius 3 is 0.923 bits per heavy atom. The molecule has 0 unspecified atom stereocenters. The molecule has 0 nitrogen and oxygen atoms in total. The van der Waals surface area contributed by atoms with Gasteiger partial charge in [-0.3, -0.25) is 0 Å². The van der Waals surface area contributed by atoms with Crippen molar-refractivity contribution in [3.05, 3.63) is 59.7 Å². The topological polar surface area (TPSA) is 0 Å². The lowest BCUT2D eigenvalue weighted by Gasteiger charge is -2.04. The predicted molar refractivity (Wildman–Crippen MR) is 127 cm³/mol. The smallest absolute Gasteiger partial charge is 0.00733 e. The molecule has 0 amide bonds. The highest BCUT2D eigenvalue weighted by Crippen LogP contribution is 2.43. The molecule has 152 valence electrons. The highest BCUT2D eigenvalue weighted by Gasteiger charge is 2.23. The monoisotopic (exact) mass is 360 g/mol. The van der Waals surface area contributed by atoms with E-state index in [0.29, 0.717) is 5.92 Å². The van der Waals surface area contributed by atoms with Crippen LogP contribution in [0.4, 0.5) is 0 Å². The molecule has 0 radical (unpaired) electrons. The van der Waals surface area contributed by atoms with Crippen molar-refractivity contribution in [2.45, 2.75) is 95.9 Å². The van der Waals surface area contributed by atoms with E-state index in [1.54, 1.807) is 0 Å². The number of fused-ring (bicyclic) bond motifs is 3. The molecule has 3 rings (SSSR count). The fourth-order valence-corrected chi connectivity index (χ4v) is 2.41. The molecular weight excluding hydrogens is 312 g/mol. The van der Waals surface area contributed by atoms with Gasteiger partial charge in [-0.05, 0) is 22.3 Å². The molecule has 1 aliphatic rings. The second kappa shape index (κ2) is 25.7. The molecule has 0 heteroatoms. The number of hydrogen-bond donors (Lipinski definition) is 0. The van der Waals surface area contributed by atoms with E-state index in [1.807, 2.05) is 83.1 Å². The molecule has 0 aromatic heterocycles. The van der Waals surface area contributed by atoms with Crippen molar-refractivity contribution < 1.29 is 0 Å². The molecular formula is C26H48. The van der Waals surface area contributed by atoms with Gasteiger partial charge in [-0.25, -0.2) is 0 Å². The standard InChI is InChI=1S/C14H12.6C2H6/c1-10-11-6-2-4-8-13(11)14-9-5-3-7-12(10)14;6*1-2/h2-10H,1H3;6*1-2H3. The van der Waals surface area contributed by atoms with Crippen LogP contribution in [-0.2, 0) is 0 Å². The lowest BCUT2D eigenvalue weighted by Crippen LogP contribution is -1.87. The van der Waals surface area contributed by atoms with Crippen molar-refractivity contribution in [1.29, 1.82) is 0 Å². The summed E-state index contributed by atoms with van der Waals surface area (Å²) in [7, 11) is 0. The summed E-state index contributed by atoms with van der Waals surface area (Å²) < 4.78 is 0. The van der Waals surface area contributed by atoms with E-state index in [0.717, 1.165) is 0 Å². The summed E-state index contributed by atoms with van der Waals surface area (Å²) >= 11 is 0. The average Bonchev–Trinajstić information content (AvgIpc) is 3.09. The maximum Gasteiger partial charge on any atom is 0.00733 e. The van der Waals surface area contributed by atoms with Crippen molar-refractivity contribution in [1.82, 2.24) is 0 Å². The van der Waals surface area contributed by atoms with E-state index in [4.69, 9.17) is 0 Å². The van der Waals surface area contributed by atoms with Gasteiger partial charge < -0.3 is 0 Å². The first-order valence-electron chi connectivity index (χ1n) is 11.1. The first kappa shape index (κ1) is 32.1. The van der Waals surface area contributed by atoms with Gasteiger partial charge in [0.25, 0.3) is 0 Å². The van der Waals surface area contributed by atoms with Gasteiger partial charge in [0.2, 0.25) is 0 Å². The predicted octanol–water partition coefficient (Wildman–Crippen LogP) is 9.98. The molecule has 2 aromatic rings. The van der Waals surface area contributed by atoms with Crippen molar-refractivity contribution >= 4 is 0 Å². The average molecular weight is 361 g/mol. The van der Waals surface area contributed by atoms with Gasteiger partial charge in [0.1, 0.15) is 0 Å². The van der Waals surface area contributed by atoms with Gasteiger partial charge in [-0.15, -0.1) is 0 Å². The zero-order chi connectivity index (χ0) is 21.5. The fraction of sp³-hybridized carbons (Fsp3) is 0.538. The van der Waals surface area contributed by atoms with E-state index in [1.165, 1.54) is 22.3 Å². The minimum atomic E-state index is 0.558. The summed E-state index contributed by atoms with van der Waals surface area (Å²) in [6, 6.07) is 17.4. The quantitative estimate of drug-likeness (QED) is 0.438. The van der Waals surface area contributed by atoms with Crippen LogP contribution in [0.15, 0.2) is 48.5 Å². The summed E-state index contributed by atoms with van der Waals surface area (Å²) in [5.41, 5.74) is 5.76. The molecule has 0 N–H and O–H groups in total. The van der Waals surface area contributed by atoms with Crippen molar-refractivity contribution in [2.24, 2.45) is 0 Å². The van der Waals surface area contributed by atoms with Crippen molar-refractivity contribution in [2.75, 3.05) is 0 Å². The molecule has 0 aliphatic heterocycles. The molecule has 1 aliphatic carbocycles. The first-order valence-corrected chi connectivity index (χ1v) is 11.1. The maximum atomic E-state index is 2.28. The summed E-state index contributed by atoms with van der Waals surface area (Å²) in [4.78, 5) is 0. The number of hydrogen-bond acceptors (Lipinski definition) is 0. The summed E-state index contributed by atoms with van der Waals surface area (Å²) in [6.07, 6.45) is 0. The Balaban J connectivity index is -0.000000174. The van der Waals surface area contributed by atoms with E-state index < -0.39 is 0 Å². The largest absolute Gasteiger partial charge is 0.0683 e. The minimum absolute atomic E-state index is 0.558. The van der Waals surface area contributed by atoms with Crippen LogP contribution in [0.25, 0.3) is 11.1 Å². The zero-order valence-electron chi connectivity index (χ0n) is 20.2. The van der Waals surface area contributed by atoms with E-state index in [-0.39, 0.29) is 0 Å². The van der Waals surface area contributed by atoms with E-state index in [2.05, 4.69) is 55.5 Å². The van der Waals surface area contributed by atoms with Gasteiger partial charge >= 0.3 is 0 Å². The lowest BCUT2D eigenvalue weighted by atomic mass is 10.00. The van der Waals surface area contributed by atoms with Crippen LogP contribution in [0, 0.1) is 0 Å². The molecule has 26 heavy (non-hydrogen) atoms. The summed E-state index contributed by atoms with van der Waals surface area (Å²) in [5.74, 6) is 0.558. The Morgan fingerprint density at radius 1 is 0.423 bits per heavy atom. The van der Waals surface area contributed by atoms with Gasteiger partial charge in [0.05, 0.1) is 0 Å². The van der Waals surface area contributed by atoms with Gasteiger partial charge in [-0.2, -0.15) is 0 Å². The van der Waals surface area contributed by atoms with E-state index in [9.17, 15) is 0 Å². The number of rotatable bonds is 0. The molecule has 0 bridgehead atoms. The maximum absolute atomic E-state index is 2.28. The fourth-order valence-electron chi connectivity index (χ4n) is 2.41. The van der Waals surface area contributed by atoms with Crippen LogP contribution >= 0.6 is 0 Å². The zero-order valence-corrected chi connectivity index (χ0v) is 20.2. The van der Waals surface area contributed by atoms with Gasteiger partial charge in [-0.1, -0.05) is 139 Å². The number of benzene rings is 2. The first-order chi connectivity index (χ1) is 12.9. The molecule has 0 spiro atoms. The molecule has 0 atom stereocenters. The highest BCUT2D eigenvalue weighted by atomic mass is 14.3. The molecule has 0 saturated carbocycles. The second-order valence-corrected chi connectivity index (χ2v) is 3.90. The summed E-state index contributed by atoms with van der Waals surface area (Å²) in [6.45, 7) is 26.3. The second-order valence-electron chi connectivity index (χ2n) is 3.90. The third-order valence-corrected chi connectivity index (χ3v) is 3.14. The highest BCUT2D eigenvalue weighted by molar-refractivity contribution is 5.78. The van der Waals surface area contributed by atoms with Crippen LogP contribution in [0.5, 0.6) is 0 Å². The van der Waals surface area contributed by atoms with Crippen LogP contribution in [0.3, 0.4) is 0 Å². The Hall–Kier alpha value is -1.56. The Kier molecular flexibility index (Phi) is 31.7. The summed E-state index contributed by atoms with van der Waals surface area (Å²) in [5, 5.41) is 0. The van der Waals surface area contributed by atoms with Crippen molar-refractivity contribution in [3.8, 4) is 11.1 Å². The van der Waals surface area contributed by atoms with Gasteiger partial charge in [0, 0.05) is 5.92 Å². The van der Waals surface area contributed by atoms with Crippen LogP contribution in [-0.4, -0.2) is 0 Å². The Bertz CT molecular complexity index is 437. The third kappa shape index (κ3) is 9.80. The Morgan fingerprint density at radius 2 is 0.654 bits per heavy atom. The third-order valence-electron chi connectivity index (χ3n) is 3.14. The van der Waals surface area contributed by atoms with Gasteiger partial charge in [0.15, 0.2) is 0 Å². The molecule has 0 heterocycles. The van der Waals surface area contributed by atoms with E-state index >= 15 is 0 Å². The van der Waals surface area contributed by atoms with Crippen LogP contribution in [0.2, 0.25) is 0 Å².